The minimum atomic E-state index is -0.0645. The number of hydrogen-bond acceptors (Lipinski definition) is 5. The van der Waals surface area contributed by atoms with Gasteiger partial charge < -0.3 is 15.0 Å². The van der Waals surface area contributed by atoms with Crippen LogP contribution in [0.25, 0.3) is 16.8 Å². The van der Waals surface area contributed by atoms with Gasteiger partial charge in [0, 0.05) is 37.6 Å². The first-order valence-electron chi connectivity index (χ1n) is 11.3. The third kappa shape index (κ3) is 4.53. The molecule has 0 saturated carbocycles. The van der Waals surface area contributed by atoms with Crippen LogP contribution in [0.3, 0.4) is 0 Å². The van der Waals surface area contributed by atoms with Gasteiger partial charge in [-0.2, -0.15) is 5.10 Å². The third-order valence-electron chi connectivity index (χ3n) is 6.14. The minimum Gasteiger partial charge on any atom is -0.497 e. The van der Waals surface area contributed by atoms with E-state index < -0.39 is 0 Å². The van der Waals surface area contributed by atoms with Crippen LogP contribution in [-0.2, 0) is 11.3 Å². The molecular weight excluding hydrogens is 414 g/mol. The van der Waals surface area contributed by atoms with Gasteiger partial charge in [0.1, 0.15) is 11.3 Å². The van der Waals surface area contributed by atoms with Gasteiger partial charge in [0.15, 0.2) is 5.82 Å². The van der Waals surface area contributed by atoms with Crippen LogP contribution < -0.4 is 15.0 Å². The van der Waals surface area contributed by atoms with Crippen LogP contribution in [0.5, 0.6) is 5.75 Å². The first kappa shape index (κ1) is 21.0. The molecule has 1 aliphatic rings. The second-order valence-corrected chi connectivity index (χ2v) is 8.33. The second kappa shape index (κ2) is 9.32. The van der Waals surface area contributed by atoms with E-state index in [1.54, 1.807) is 13.3 Å². The molecule has 0 aliphatic carbocycles. The lowest BCUT2D eigenvalue weighted by atomic mass is 9.97. The Bertz CT molecular complexity index is 1250. The summed E-state index contributed by atoms with van der Waals surface area (Å²) in [5.74, 6) is 1.69. The Morgan fingerprint density at radius 1 is 1.15 bits per heavy atom. The maximum atomic E-state index is 12.9. The van der Waals surface area contributed by atoms with Gasteiger partial charge in [-0.3, -0.25) is 4.79 Å². The number of aromatic nitrogens is 3. The fraction of sp³-hybridized carbons (Fsp3) is 0.269. The monoisotopic (exact) mass is 441 g/mol. The summed E-state index contributed by atoms with van der Waals surface area (Å²) in [5.41, 5.74) is 3.88. The van der Waals surface area contributed by atoms with E-state index in [9.17, 15) is 4.79 Å². The summed E-state index contributed by atoms with van der Waals surface area (Å²) < 4.78 is 7.22. The largest absolute Gasteiger partial charge is 0.497 e. The Hall–Kier alpha value is -3.87. The SMILES string of the molecule is COc1cccc(-c2cc3c(N4CCC[C@H](C(=O)NCc5ccccc5)C4)nccn3n2)c1. The fourth-order valence-corrected chi connectivity index (χ4v) is 4.39. The van der Waals surface area contributed by atoms with Crippen molar-refractivity contribution in [1.29, 1.82) is 0 Å². The fourth-order valence-electron chi connectivity index (χ4n) is 4.39. The highest BCUT2D eigenvalue weighted by Gasteiger charge is 2.27. The number of carbonyl (C=O) groups is 1. The zero-order valence-corrected chi connectivity index (χ0v) is 18.6. The molecule has 1 aliphatic heterocycles. The van der Waals surface area contributed by atoms with Crippen molar-refractivity contribution in [2.45, 2.75) is 19.4 Å². The molecular formula is C26H27N5O2. The lowest BCUT2D eigenvalue weighted by Crippen LogP contribution is -2.43. The topological polar surface area (TPSA) is 71.8 Å². The molecule has 2 aromatic heterocycles. The molecule has 5 rings (SSSR count). The predicted octanol–water partition coefficient (Wildman–Crippen LogP) is 3.94. The number of anilines is 1. The molecule has 168 valence electrons. The van der Waals surface area contributed by atoms with Crippen LogP contribution in [0.15, 0.2) is 73.1 Å². The highest BCUT2D eigenvalue weighted by atomic mass is 16.5. The summed E-state index contributed by atoms with van der Waals surface area (Å²) in [6, 6.07) is 19.9. The van der Waals surface area contributed by atoms with Crippen molar-refractivity contribution in [2.75, 3.05) is 25.1 Å². The van der Waals surface area contributed by atoms with Crippen molar-refractivity contribution in [3.8, 4) is 17.0 Å². The Morgan fingerprint density at radius 3 is 2.88 bits per heavy atom. The molecule has 7 heteroatoms. The summed E-state index contributed by atoms with van der Waals surface area (Å²) in [6.07, 6.45) is 5.46. The first-order chi connectivity index (χ1) is 16.2. The van der Waals surface area contributed by atoms with Gasteiger partial charge >= 0.3 is 0 Å². The van der Waals surface area contributed by atoms with Crippen LogP contribution in [0, 0.1) is 5.92 Å². The van der Waals surface area contributed by atoms with E-state index in [0.717, 1.165) is 53.3 Å². The van der Waals surface area contributed by atoms with Crippen molar-refractivity contribution in [2.24, 2.45) is 5.92 Å². The van der Waals surface area contributed by atoms with E-state index in [0.29, 0.717) is 13.1 Å². The van der Waals surface area contributed by atoms with Crippen molar-refractivity contribution in [3.63, 3.8) is 0 Å². The van der Waals surface area contributed by atoms with Crippen LogP contribution in [-0.4, -0.2) is 40.7 Å². The quantitative estimate of drug-likeness (QED) is 0.491. The van der Waals surface area contributed by atoms with Crippen molar-refractivity contribution < 1.29 is 9.53 Å². The van der Waals surface area contributed by atoms with Gasteiger partial charge in [-0.1, -0.05) is 42.5 Å². The predicted molar refractivity (Wildman–Crippen MR) is 128 cm³/mol. The molecule has 1 saturated heterocycles. The number of amides is 1. The Labute approximate surface area is 193 Å². The van der Waals surface area contributed by atoms with Gasteiger partial charge in [0.05, 0.1) is 18.7 Å². The van der Waals surface area contributed by atoms with E-state index in [1.165, 1.54) is 0 Å². The van der Waals surface area contributed by atoms with Gasteiger partial charge in [0.2, 0.25) is 5.91 Å². The number of carbonyl (C=O) groups excluding carboxylic acids is 1. The molecule has 0 radical (unpaired) electrons. The summed E-state index contributed by atoms with van der Waals surface area (Å²) >= 11 is 0. The maximum absolute atomic E-state index is 12.9. The zero-order chi connectivity index (χ0) is 22.6. The summed E-state index contributed by atoms with van der Waals surface area (Å²) in [4.78, 5) is 19.8. The van der Waals surface area contributed by atoms with Crippen LogP contribution >= 0.6 is 0 Å². The molecule has 7 nitrogen and oxygen atoms in total. The van der Waals surface area contributed by atoms with Gasteiger partial charge in [0.25, 0.3) is 0 Å². The molecule has 0 unspecified atom stereocenters. The number of nitrogens with zero attached hydrogens (tertiary/aromatic N) is 4. The number of rotatable bonds is 6. The van der Waals surface area contributed by atoms with E-state index in [-0.39, 0.29) is 11.8 Å². The van der Waals surface area contributed by atoms with Crippen LogP contribution in [0.2, 0.25) is 0 Å². The Morgan fingerprint density at radius 2 is 2.03 bits per heavy atom. The molecule has 1 fully saturated rings. The van der Waals surface area contributed by atoms with Gasteiger partial charge in [-0.25, -0.2) is 9.50 Å². The van der Waals surface area contributed by atoms with Crippen molar-refractivity contribution in [3.05, 3.63) is 78.6 Å². The smallest absolute Gasteiger partial charge is 0.225 e. The number of nitrogens with one attached hydrogen (secondary N) is 1. The third-order valence-corrected chi connectivity index (χ3v) is 6.14. The van der Waals surface area contributed by atoms with Crippen molar-refractivity contribution in [1.82, 2.24) is 19.9 Å². The first-order valence-corrected chi connectivity index (χ1v) is 11.3. The van der Waals surface area contributed by atoms with E-state index in [1.807, 2.05) is 65.3 Å². The summed E-state index contributed by atoms with van der Waals surface area (Å²) in [6.45, 7) is 2.07. The normalized spacial score (nSPS) is 16.0. The summed E-state index contributed by atoms with van der Waals surface area (Å²) in [5, 5.41) is 7.85. The zero-order valence-electron chi connectivity index (χ0n) is 18.6. The minimum absolute atomic E-state index is 0.0645. The molecule has 1 atom stereocenters. The van der Waals surface area contributed by atoms with Crippen molar-refractivity contribution >= 4 is 17.2 Å². The Balaban J connectivity index is 1.35. The Kier molecular flexibility index (Phi) is 5.93. The number of benzene rings is 2. The molecule has 0 spiro atoms. The molecule has 33 heavy (non-hydrogen) atoms. The standard InChI is InChI=1S/C26H27N5O2/c1-33-22-11-5-9-20(15-22)23-16-24-25(27-12-14-31(24)29-23)30-13-6-10-21(18-30)26(32)28-17-19-7-3-2-4-8-19/h2-5,7-9,11-12,14-16,21H,6,10,13,17-18H2,1H3,(H,28,32)/t21-/m0/s1. The lowest BCUT2D eigenvalue weighted by molar-refractivity contribution is -0.125. The molecule has 0 bridgehead atoms. The van der Waals surface area contributed by atoms with Gasteiger partial charge in [-0.05, 0) is 36.6 Å². The molecule has 2 aromatic carbocycles. The second-order valence-electron chi connectivity index (χ2n) is 8.33. The molecule has 1 amide bonds. The highest BCUT2D eigenvalue weighted by Crippen LogP contribution is 2.29. The average Bonchev–Trinajstić information content (AvgIpc) is 3.33. The molecule has 4 aromatic rings. The average molecular weight is 442 g/mol. The number of fused-ring (bicyclic) bond motifs is 1. The number of methoxy groups -OCH3 is 1. The highest BCUT2D eigenvalue weighted by molar-refractivity contribution is 5.81. The number of ether oxygens (including phenoxy) is 1. The number of piperidine rings is 1. The van der Waals surface area contributed by atoms with E-state index >= 15 is 0 Å². The summed E-state index contributed by atoms with van der Waals surface area (Å²) in [7, 11) is 1.66. The van der Waals surface area contributed by atoms with E-state index in [4.69, 9.17) is 9.84 Å². The van der Waals surface area contributed by atoms with E-state index in [2.05, 4.69) is 21.3 Å². The lowest BCUT2D eigenvalue weighted by Gasteiger charge is -2.33. The van der Waals surface area contributed by atoms with Gasteiger partial charge in [-0.15, -0.1) is 0 Å². The van der Waals surface area contributed by atoms with Crippen LogP contribution in [0.4, 0.5) is 5.82 Å². The molecule has 1 N–H and O–H groups in total. The van der Waals surface area contributed by atoms with Crippen LogP contribution in [0.1, 0.15) is 18.4 Å². The molecule has 3 heterocycles. The maximum Gasteiger partial charge on any atom is 0.225 e. The number of hydrogen-bond donors (Lipinski definition) is 1.